The van der Waals surface area contributed by atoms with E-state index in [9.17, 15) is 9.90 Å². The van der Waals surface area contributed by atoms with Gasteiger partial charge in [-0.15, -0.1) is 0 Å². The molecule has 0 aromatic carbocycles. The fraction of sp³-hybridized carbons (Fsp3) is 0.914. The minimum atomic E-state index is -2.59. The van der Waals surface area contributed by atoms with E-state index >= 15 is 0 Å². The molecule has 0 saturated carbocycles. The van der Waals surface area contributed by atoms with E-state index in [-0.39, 0.29) is 58.0 Å². The molecule has 0 spiro atoms. The summed E-state index contributed by atoms with van der Waals surface area (Å²) in [6.07, 6.45) is 3.19. The molecule has 17 heteroatoms. The Hall–Kier alpha value is -0.879. The van der Waals surface area contributed by atoms with Crippen LogP contribution in [0.5, 0.6) is 0 Å². The number of esters is 1. The van der Waals surface area contributed by atoms with Gasteiger partial charge < -0.3 is 61.2 Å². The van der Waals surface area contributed by atoms with Crippen LogP contribution >= 0.6 is 0 Å². The van der Waals surface area contributed by atoms with Crippen LogP contribution in [0.1, 0.15) is 149 Å². The molecule has 0 radical (unpaired) electrons. The molecule has 4 aliphatic heterocycles. The predicted molar refractivity (Wildman–Crippen MR) is 307 cm³/mol. The first kappa shape index (κ1) is 66.6. The van der Waals surface area contributed by atoms with Crippen LogP contribution in [-0.4, -0.2) is 160 Å². The zero-order valence-electron chi connectivity index (χ0n) is 51.9. The second-order valence-electron chi connectivity index (χ2n) is 28.3. The predicted octanol–water partition coefficient (Wildman–Crippen LogP) is 12.2. The zero-order valence-corrected chi connectivity index (χ0v) is 54.9. The van der Waals surface area contributed by atoms with Gasteiger partial charge in [-0.3, -0.25) is 4.79 Å². The van der Waals surface area contributed by atoms with Crippen molar-refractivity contribution in [3.63, 3.8) is 0 Å². The van der Waals surface area contributed by atoms with Gasteiger partial charge in [-0.2, -0.15) is 0 Å². The maximum absolute atomic E-state index is 14.1. The highest BCUT2D eigenvalue weighted by Gasteiger charge is 2.56. The molecular weight excluding hydrogens is 1000 g/mol. The monoisotopic (exact) mass is 1110 g/mol. The van der Waals surface area contributed by atoms with Gasteiger partial charge in [0.25, 0.3) is 0 Å². The van der Waals surface area contributed by atoms with Crippen molar-refractivity contribution in [2.45, 2.75) is 295 Å². The van der Waals surface area contributed by atoms with E-state index in [2.05, 4.69) is 139 Å². The Labute approximate surface area is 460 Å². The minimum absolute atomic E-state index is 0.00678. The molecule has 0 amide bonds. The Morgan fingerprint density at radius 1 is 0.747 bits per heavy atom. The van der Waals surface area contributed by atoms with Gasteiger partial charge in [0.1, 0.15) is 36.8 Å². The van der Waals surface area contributed by atoms with Crippen molar-refractivity contribution >= 4 is 30.9 Å². The second kappa shape index (κ2) is 26.4. The number of fused-ring (bicyclic) bond motifs is 3. The van der Waals surface area contributed by atoms with Gasteiger partial charge in [0.2, 0.25) is 0 Å². The molecule has 14 nitrogen and oxygen atoms in total. The summed E-state index contributed by atoms with van der Waals surface area (Å²) in [5, 5.41) is 11.6. The molecular formula is C58H111NO13Si3. The van der Waals surface area contributed by atoms with Crippen LogP contribution < -0.4 is 0 Å². The van der Waals surface area contributed by atoms with E-state index < -0.39 is 104 Å². The van der Waals surface area contributed by atoms with Crippen LogP contribution in [0, 0.1) is 17.8 Å². The molecule has 4 rings (SSSR count). The quantitative estimate of drug-likeness (QED) is 0.116. The molecule has 438 valence electrons. The molecule has 75 heavy (non-hydrogen) atoms. The molecule has 1 N–H and O–H groups in total. The number of methoxy groups -OCH3 is 1. The first-order chi connectivity index (χ1) is 34.2. The van der Waals surface area contributed by atoms with Crippen LogP contribution in [0.15, 0.2) is 24.3 Å². The number of hydrogen-bond acceptors (Lipinski definition) is 14. The fourth-order valence-corrected chi connectivity index (χ4v) is 13.9. The molecule has 0 aromatic heterocycles. The highest BCUT2D eigenvalue weighted by atomic mass is 28.4. The number of cyclic esters (lactones) is 1. The maximum Gasteiger partial charge on any atom is 0.308 e. The van der Waals surface area contributed by atoms with Crippen molar-refractivity contribution in [3.05, 3.63) is 24.3 Å². The largest absolute Gasteiger partial charge is 0.462 e. The first-order valence-corrected chi connectivity index (χ1v) is 37.3. The van der Waals surface area contributed by atoms with E-state index in [0.29, 0.717) is 31.8 Å². The van der Waals surface area contributed by atoms with Crippen molar-refractivity contribution in [1.29, 1.82) is 0 Å². The molecule has 1 unspecified atom stereocenters. The molecule has 4 heterocycles. The zero-order chi connectivity index (χ0) is 57.0. The van der Waals surface area contributed by atoms with Gasteiger partial charge in [0.05, 0.1) is 48.6 Å². The summed E-state index contributed by atoms with van der Waals surface area (Å²) in [6.45, 7) is 48.7. The van der Waals surface area contributed by atoms with Crippen molar-refractivity contribution in [2.75, 3.05) is 27.8 Å². The van der Waals surface area contributed by atoms with E-state index in [1.165, 1.54) is 0 Å². The Bertz CT molecular complexity index is 1840. The summed E-state index contributed by atoms with van der Waals surface area (Å²) in [5.41, 5.74) is -1.21. The standard InChI is InChI=1S/C58H111NO13Si3/c1-37(2)31-32-63-53-41(6)65-47(36-58(53,16)61)68-49-40(5)66-54(52(48(49)59(17)18)72-75(24,25)57(13,14)15)69-50-42-33-38(3)43(70-73(20,21)55(7,8)9)30-28-26-27-29-39(4)64-45(60)35-44(51(50)62-19)67-46(34-42)71-74(22,23)56(10,11)12/h26-28,30,37-44,46-54,61H,29,31-36H2,1-25H3/b27-26+,30-28+/t38-,39-,40+,41-,42-,43+,44-,46?,47-,48-,49+,50+,51+,52+,53-,54-,58+/m1/s1. The number of rotatable bonds is 16. The van der Waals surface area contributed by atoms with Crippen LogP contribution in [0.4, 0.5) is 0 Å². The average molecular weight is 1110 g/mol. The lowest BCUT2D eigenvalue weighted by Crippen LogP contribution is -2.68. The van der Waals surface area contributed by atoms with Gasteiger partial charge >= 0.3 is 5.97 Å². The smallest absolute Gasteiger partial charge is 0.308 e. The van der Waals surface area contributed by atoms with Crippen molar-refractivity contribution < 1.29 is 61.1 Å². The molecule has 17 atom stereocenters. The van der Waals surface area contributed by atoms with Gasteiger partial charge in [0, 0.05) is 33.0 Å². The molecule has 0 aromatic rings. The summed E-state index contributed by atoms with van der Waals surface area (Å²) >= 11 is 0. The third-order valence-electron chi connectivity index (χ3n) is 17.8. The van der Waals surface area contributed by atoms with E-state index in [4.69, 9.17) is 51.2 Å². The number of allylic oxidation sites excluding steroid dienone is 2. The van der Waals surface area contributed by atoms with Crippen molar-refractivity contribution in [1.82, 2.24) is 4.90 Å². The highest BCUT2D eigenvalue weighted by molar-refractivity contribution is 6.75. The number of likely N-dealkylation sites (N-methyl/N-ethyl adjacent to an activating group) is 1. The highest BCUT2D eigenvalue weighted by Crippen LogP contribution is 2.46. The number of ether oxygens (including phenoxy) is 8. The Morgan fingerprint density at radius 2 is 1.33 bits per heavy atom. The van der Waals surface area contributed by atoms with Gasteiger partial charge in [-0.1, -0.05) is 107 Å². The average Bonchev–Trinajstić information content (AvgIpc) is 3.35. The minimum Gasteiger partial charge on any atom is -0.462 e. The lowest BCUT2D eigenvalue weighted by atomic mass is 9.83. The van der Waals surface area contributed by atoms with Crippen LogP contribution in [0.3, 0.4) is 0 Å². The Kier molecular flexibility index (Phi) is 23.4. The molecule has 4 aliphatic rings. The second-order valence-corrected chi connectivity index (χ2v) is 42.6. The summed E-state index contributed by atoms with van der Waals surface area (Å²) in [4.78, 5) is 16.3. The molecule has 3 fully saturated rings. The third-order valence-corrected chi connectivity index (χ3v) is 31.2. The Balaban J connectivity index is 1.91. The van der Waals surface area contributed by atoms with Crippen molar-refractivity contribution in [2.24, 2.45) is 17.8 Å². The lowest BCUT2D eigenvalue weighted by Gasteiger charge is -2.53. The van der Waals surface area contributed by atoms with E-state index in [1.807, 2.05) is 53.9 Å². The molecule has 3 saturated heterocycles. The number of hydrogen-bond donors (Lipinski definition) is 1. The number of aliphatic hydroxyl groups is 1. The van der Waals surface area contributed by atoms with Crippen molar-refractivity contribution in [3.8, 4) is 0 Å². The Morgan fingerprint density at radius 3 is 1.88 bits per heavy atom. The van der Waals surface area contributed by atoms with Crippen LogP contribution in [-0.2, 0) is 56.0 Å². The normalized spacial score (nSPS) is 37.6. The molecule has 0 aliphatic carbocycles. The number of nitrogens with zero attached hydrogens (tertiary/aromatic N) is 1. The van der Waals surface area contributed by atoms with E-state index in [0.717, 1.165) is 6.42 Å². The lowest BCUT2D eigenvalue weighted by molar-refractivity contribution is -0.343. The number of carbonyl (C=O) groups is 1. The van der Waals surface area contributed by atoms with Crippen LogP contribution in [0.2, 0.25) is 54.4 Å². The first-order valence-electron chi connectivity index (χ1n) is 28.6. The summed E-state index contributed by atoms with van der Waals surface area (Å²) in [6, 6.07) is -0.398. The third kappa shape index (κ3) is 17.8. The maximum atomic E-state index is 14.1. The summed E-state index contributed by atoms with van der Waals surface area (Å²) < 4.78 is 76.9. The summed E-state index contributed by atoms with van der Waals surface area (Å²) in [7, 11) is -1.56. The summed E-state index contributed by atoms with van der Waals surface area (Å²) in [5.74, 6) is -0.142. The van der Waals surface area contributed by atoms with Gasteiger partial charge in [-0.25, -0.2) is 0 Å². The number of carbonyl (C=O) groups excluding carboxylic acids is 1. The SMILES string of the molecule is CO[C@@H]1[C@@H](O[C@H]2O[C@@H](C)[C@H](O[C@@H]3C[C@](C)(O)[C@H](OCCC(C)C)[C@@H](C)O3)[C@@H](N(C)C)[C@@H]2O[Si](C)(C)C(C)(C)C)[C@H]2CC(O[Si](C)(C)C(C)(C)C)O[C@@H]1CC(=O)O[C@H](C)C/C=C/C=C/[C@H](O[Si](C)(C)C(C)(C)C)[C@H](C)C2. The fourth-order valence-electron chi connectivity index (χ4n) is 10.1. The van der Waals surface area contributed by atoms with Gasteiger partial charge in [0.15, 0.2) is 37.5 Å². The topological polar surface area (TPSA) is 142 Å². The van der Waals surface area contributed by atoms with Gasteiger partial charge in [-0.05, 0) is 127 Å². The van der Waals surface area contributed by atoms with E-state index in [1.54, 1.807) is 7.11 Å². The van der Waals surface area contributed by atoms with Crippen LogP contribution in [0.25, 0.3) is 0 Å². The molecule has 2 bridgehead atoms.